The Balaban J connectivity index is 1.10. The Kier molecular flexibility index (Phi) is 17.7. The average molecular weight is 741 g/mol. The highest BCUT2D eigenvalue weighted by atomic mass is 19.4. The number of carbonyl (C=O) groups is 2. The minimum Gasteiger partial charge on any atom is -0.494 e. The van der Waals surface area contributed by atoms with Crippen molar-refractivity contribution in [2.24, 2.45) is 5.92 Å². The van der Waals surface area contributed by atoms with Gasteiger partial charge in [0, 0.05) is 12.5 Å². The van der Waals surface area contributed by atoms with Gasteiger partial charge >= 0.3 is 18.1 Å². The van der Waals surface area contributed by atoms with Crippen molar-refractivity contribution in [2.45, 2.75) is 116 Å². The van der Waals surface area contributed by atoms with E-state index in [1.54, 1.807) is 12.1 Å². The van der Waals surface area contributed by atoms with E-state index in [-0.39, 0.29) is 17.7 Å². The van der Waals surface area contributed by atoms with E-state index >= 15 is 0 Å². The Hall–Kier alpha value is -3.89. The molecule has 1 aliphatic heterocycles. The topological polar surface area (TPSA) is 80.3 Å². The molecule has 53 heavy (non-hydrogen) atoms. The Morgan fingerprint density at radius 2 is 1.23 bits per heavy atom. The first kappa shape index (κ1) is 41.9. The highest BCUT2D eigenvalue weighted by molar-refractivity contribution is 5.92. The van der Waals surface area contributed by atoms with E-state index in [2.05, 4.69) is 6.92 Å². The molecule has 1 heterocycles. The zero-order chi connectivity index (χ0) is 37.9. The van der Waals surface area contributed by atoms with Gasteiger partial charge in [0.25, 0.3) is 0 Å². The minimum absolute atomic E-state index is 0.0620. The van der Waals surface area contributed by atoms with E-state index < -0.39 is 24.2 Å². The van der Waals surface area contributed by atoms with Crippen LogP contribution >= 0.6 is 0 Å². The fraction of sp³-hybridized carbons (Fsp3) is 0.535. The van der Waals surface area contributed by atoms with Gasteiger partial charge in [-0.3, -0.25) is 0 Å². The molecule has 1 aliphatic rings. The van der Waals surface area contributed by atoms with Crippen LogP contribution in [0.5, 0.6) is 11.5 Å². The Morgan fingerprint density at radius 1 is 0.698 bits per heavy atom. The van der Waals surface area contributed by atoms with Gasteiger partial charge in [0.2, 0.25) is 0 Å². The van der Waals surface area contributed by atoms with Crippen LogP contribution in [0.1, 0.15) is 118 Å². The highest BCUT2D eigenvalue weighted by Gasteiger charge is 2.42. The normalized spacial score (nSPS) is 16.1. The van der Waals surface area contributed by atoms with Crippen LogP contribution in [0.25, 0.3) is 11.1 Å². The summed E-state index contributed by atoms with van der Waals surface area (Å²) in [4.78, 5) is 25.2. The number of ether oxygens (including phenoxy) is 5. The minimum atomic E-state index is -4.65. The van der Waals surface area contributed by atoms with E-state index in [0.29, 0.717) is 37.0 Å². The van der Waals surface area contributed by atoms with Crippen molar-refractivity contribution in [1.29, 1.82) is 0 Å². The van der Waals surface area contributed by atoms with Crippen LogP contribution in [-0.2, 0) is 14.2 Å². The standard InChI is InChI=1S/C43H55F3O7/c1-3-4-5-12-15-40(43(44,45)46)53-42(48)36-22-26-38(27-23-36)52-41(47)35-18-16-33(17-19-35)34-20-24-37(25-21-34)50-29-14-11-9-7-6-8-10-13-28-49-31-39-32(2)30-51-39/h16-27,32,39-40H,3-15,28-31H2,1-2H3/t32?,39?,40-/m0/s1. The summed E-state index contributed by atoms with van der Waals surface area (Å²) in [5, 5.41) is 0. The Labute approximate surface area is 312 Å². The number of unbranched alkanes of at least 4 members (excludes halogenated alkanes) is 10. The molecule has 0 saturated carbocycles. The quantitative estimate of drug-likeness (QED) is 0.0514. The molecule has 3 atom stereocenters. The van der Waals surface area contributed by atoms with Crippen LogP contribution in [0.15, 0.2) is 72.8 Å². The first-order valence-corrected chi connectivity index (χ1v) is 19.3. The molecule has 10 heteroatoms. The molecule has 1 fully saturated rings. The SMILES string of the molecule is CCCCCC[C@H](OC(=O)c1ccc(OC(=O)c2ccc(-c3ccc(OCCCCCCCCCCOCC4OCC4C)cc3)cc2)cc1)C(F)(F)F. The number of hydrogen-bond acceptors (Lipinski definition) is 7. The summed E-state index contributed by atoms with van der Waals surface area (Å²) in [6.07, 6.45) is 5.39. The van der Waals surface area contributed by atoms with Crippen LogP contribution < -0.4 is 9.47 Å². The summed E-state index contributed by atoms with van der Waals surface area (Å²) in [6, 6.07) is 20.1. The summed E-state index contributed by atoms with van der Waals surface area (Å²) < 4.78 is 67.6. The van der Waals surface area contributed by atoms with Crippen LogP contribution in [0, 0.1) is 5.92 Å². The van der Waals surface area contributed by atoms with Crippen LogP contribution in [-0.4, -0.2) is 56.8 Å². The second kappa shape index (κ2) is 22.4. The number of halogens is 3. The van der Waals surface area contributed by atoms with E-state index in [1.165, 1.54) is 56.4 Å². The summed E-state index contributed by atoms with van der Waals surface area (Å²) in [7, 11) is 0. The van der Waals surface area contributed by atoms with Crippen molar-refractivity contribution in [3.63, 3.8) is 0 Å². The zero-order valence-electron chi connectivity index (χ0n) is 31.2. The fourth-order valence-electron chi connectivity index (χ4n) is 6.00. The van der Waals surface area contributed by atoms with Gasteiger partial charge in [0.05, 0.1) is 37.1 Å². The average Bonchev–Trinajstić information content (AvgIpc) is 3.15. The molecule has 0 amide bonds. The maximum Gasteiger partial charge on any atom is 0.425 e. The van der Waals surface area contributed by atoms with Gasteiger partial charge in [-0.2, -0.15) is 13.2 Å². The number of esters is 2. The molecule has 0 bridgehead atoms. The molecule has 4 rings (SSSR count). The molecule has 290 valence electrons. The van der Waals surface area contributed by atoms with Crippen molar-refractivity contribution in [2.75, 3.05) is 26.4 Å². The van der Waals surface area contributed by atoms with Crippen molar-refractivity contribution >= 4 is 11.9 Å². The summed E-state index contributed by atoms with van der Waals surface area (Å²) in [6.45, 7) is 7.28. The summed E-state index contributed by atoms with van der Waals surface area (Å²) in [5.74, 6) is -0.0860. The molecule has 0 aromatic heterocycles. The summed E-state index contributed by atoms with van der Waals surface area (Å²) in [5.41, 5.74) is 2.15. The fourth-order valence-corrected chi connectivity index (χ4v) is 6.00. The first-order chi connectivity index (χ1) is 25.6. The molecule has 1 saturated heterocycles. The molecule has 3 aromatic carbocycles. The number of hydrogen-bond donors (Lipinski definition) is 0. The molecule has 2 unspecified atom stereocenters. The second-order valence-electron chi connectivity index (χ2n) is 13.9. The number of benzene rings is 3. The van der Waals surface area contributed by atoms with Crippen molar-refractivity contribution < 1.29 is 46.4 Å². The van der Waals surface area contributed by atoms with Crippen LogP contribution in [0.3, 0.4) is 0 Å². The van der Waals surface area contributed by atoms with Gasteiger partial charge in [0.1, 0.15) is 11.5 Å². The predicted octanol–water partition coefficient (Wildman–Crippen LogP) is 11.2. The first-order valence-electron chi connectivity index (χ1n) is 19.3. The third kappa shape index (κ3) is 14.8. The third-order valence-corrected chi connectivity index (χ3v) is 9.48. The number of alkyl halides is 3. The van der Waals surface area contributed by atoms with Gasteiger partial charge in [-0.15, -0.1) is 0 Å². The van der Waals surface area contributed by atoms with E-state index in [9.17, 15) is 22.8 Å². The maximum absolute atomic E-state index is 13.4. The lowest BCUT2D eigenvalue weighted by Gasteiger charge is -2.33. The highest BCUT2D eigenvalue weighted by Crippen LogP contribution is 2.29. The Bertz CT molecular complexity index is 1490. The lowest BCUT2D eigenvalue weighted by molar-refractivity contribution is -0.206. The van der Waals surface area contributed by atoms with Crippen LogP contribution in [0.2, 0.25) is 0 Å². The van der Waals surface area contributed by atoms with Gasteiger partial charge in [-0.25, -0.2) is 9.59 Å². The van der Waals surface area contributed by atoms with Crippen molar-refractivity contribution in [1.82, 2.24) is 0 Å². The molecule has 0 spiro atoms. The van der Waals surface area contributed by atoms with Crippen molar-refractivity contribution in [3.05, 3.63) is 83.9 Å². The number of carbonyl (C=O) groups excluding carboxylic acids is 2. The maximum atomic E-state index is 13.4. The molecular weight excluding hydrogens is 685 g/mol. The lowest BCUT2D eigenvalue weighted by Crippen LogP contribution is -2.41. The van der Waals surface area contributed by atoms with E-state index in [1.807, 2.05) is 43.3 Å². The molecule has 7 nitrogen and oxygen atoms in total. The number of rotatable bonds is 24. The van der Waals surface area contributed by atoms with E-state index in [0.717, 1.165) is 68.8 Å². The van der Waals surface area contributed by atoms with Gasteiger partial charge < -0.3 is 23.7 Å². The second-order valence-corrected chi connectivity index (χ2v) is 13.9. The molecule has 0 aliphatic carbocycles. The molecule has 0 N–H and O–H groups in total. The monoisotopic (exact) mass is 740 g/mol. The van der Waals surface area contributed by atoms with Crippen molar-refractivity contribution in [3.8, 4) is 22.6 Å². The van der Waals surface area contributed by atoms with Gasteiger partial charge in [-0.05, 0) is 85.3 Å². The molecular formula is C43H55F3O7. The summed E-state index contributed by atoms with van der Waals surface area (Å²) >= 11 is 0. The van der Waals surface area contributed by atoms with Gasteiger partial charge in [-0.1, -0.05) is 95.9 Å². The Morgan fingerprint density at radius 3 is 1.79 bits per heavy atom. The lowest BCUT2D eigenvalue weighted by atomic mass is 10.0. The smallest absolute Gasteiger partial charge is 0.425 e. The van der Waals surface area contributed by atoms with Crippen LogP contribution in [0.4, 0.5) is 13.2 Å². The third-order valence-electron chi connectivity index (χ3n) is 9.48. The zero-order valence-corrected chi connectivity index (χ0v) is 31.2. The van der Waals surface area contributed by atoms with Gasteiger partial charge in [0.15, 0.2) is 6.10 Å². The molecule has 0 radical (unpaired) electrons. The molecule has 3 aromatic rings. The predicted molar refractivity (Wildman–Crippen MR) is 199 cm³/mol. The largest absolute Gasteiger partial charge is 0.494 e. The van der Waals surface area contributed by atoms with E-state index in [4.69, 9.17) is 23.7 Å².